The molecule has 1 aromatic heterocycles. The molecule has 1 fully saturated rings. The van der Waals surface area contributed by atoms with Crippen LogP contribution in [-0.4, -0.2) is 42.2 Å². The second kappa shape index (κ2) is 6.65. The molecule has 0 aromatic carbocycles. The number of hydrogen-bond acceptors (Lipinski definition) is 6. The van der Waals surface area contributed by atoms with Gasteiger partial charge in [-0.1, -0.05) is 0 Å². The van der Waals surface area contributed by atoms with Gasteiger partial charge in [0.2, 0.25) is 5.82 Å². The highest BCUT2D eigenvalue weighted by Crippen LogP contribution is 2.18. The second-order valence-electron chi connectivity index (χ2n) is 5.25. The minimum absolute atomic E-state index is 0.101. The third-order valence-corrected chi connectivity index (χ3v) is 3.64. The summed E-state index contributed by atoms with van der Waals surface area (Å²) >= 11 is 0. The smallest absolute Gasteiger partial charge is 0.376 e. The van der Waals surface area contributed by atoms with E-state index in [1.54, 1.807) is 0 Å². The maximum atomic E-state index is 11.5. The van der Waals surface area contributed by atoms with Crippen LogP contribution >= 0.6 is 0 Å². The van der Waals surface area contributed by atoms with E-state index in [0.29, 0.717) is 17.8 Å². The van der Waals surface area contributed by atoms with Gasteiger partial charge in [-0.3, -0.25) is 0 Å². The molecule has 2 unspecified atom stereocenters. The largest absolute Gasteiger partial charge is 0.463 e. The fraction of sp³-hybridized carbons (Fsp3) is 0.643. The Morgan fingerprint density at radius 1 is 1.55 bits per heavy atom. The van der Waals surface area contributed by atoms with Crippen LogP contribution in [-0.2, 0) is 4.74 Å². The van der Waals surface area contributed by atoms with Gasteiger partial charge in [0.25, 0.3) is 0 Å². The highest BCUT2D eigenvalue weighted by molar-refractivity contribution is 5.85. The first-order valence-corrected chi connectivity index (χ1v) is 7.01. The maximum absolute atomic E-state index is 11.5. The van der Waals surface area contributed by atoms with Gasteiger partial charge < -0.3 is 15.4 Å². The topological polar surface area (TPSA) is 76.1 Å². The molecule has 0 saturated carbocycles. The molecule has 2 rings (SSSR count). The number of piperidine rings is 1. The summed E-state index contributed by atoms with van der Waals surface area (Å²) in [6.07, 6.45) is 2.40. The third kappa shape index (κ3) is 3.66. The van der Waals surface area contributed by atoms with Crippen LogP contribution < -0.4 is 10.6 Å². The van der Waals surface area contributed by atoms with Gasteiger partial charge in [-0.05, 0) is 45.7 Å². The number of carbonyl (C=O) groups excluding carboxylic acids is 1. The van der Waals surface area contributed by atoms with E-state index in [0.717, 1.165) is 18.8 Å². The van der Waals surface area contributed by atoms with E-state index in [-0.39, 0.29) is 5.82 Å². The number of anilines is 1. The summed E-state index contributed by atoms with van der Waals surface area (Å²) in [6, 6.07) is 2.14. The van der Waals surface area contributed by atoms with Crippen LogP contribution in [0.1, 0.15) is 36.1 Å². The molecule has 0 bridgehead atoms. The van der Waals surface area contributed by atoms with Crippen molar-refractivity contribution in [2.24, 2.45) is 5.92 Å². The van der Waals surface area contributed by atoms with Gasteiger partial charge in [0.15, 0.2) is 0 Å². The molecule has 6 heteroatoms. The molecule has 20 heavy (non-hydrogen) atoms. The van der Waals surface area contributed by atoms with Gasteiger partial charge in [-0.15, -0.1) is 0 Å². The summed E-state index contributed by atoms with van der Waals surface area (Å²) < 4.78 is 4.67. The maximum Gasteiger partial charge on any atom is 0.376 e. The molecule has 1 aliphatic rings. The van der Waals surface area contributed by atoms with E-state index in [4.69, 9.17) is 0 Å². The van der Waals surface area contributed by atoms with Crippen LogP contribution in [0.4, 0.5) is 5.82 Å². The van der Waals surface area contributed by atoms with Crippen molar-refractivity contribution in [3.05, 3.63) is 17.6 Å². The highest BCUT2D eigenvalue weighted by Gasteiger charge is 2.20. The normalized spacial score (nSPS) is 20.2. The van der Waals surface area contributed by atoms with E-state index >= 15 is 0 Å². The first-order valence-electron chi connectivity index (χ1n) is 7.01. The van der Waals surface area contributed by atoms with Crippen molar-refractivity contribution in [1.82, 2.24) is 15.3 Å². The molecule has 2 heterocycles. The summed E-state index contributed by atoms with van der Waals surface area (Å²) in [7, 11) is 1.33. The van der Waals surface area contributed by atoms with Crippen molar-refractivity contribution in [2.45, 2.75) is 32.7 Å². The predicted octanol–water partition coefficient (Wildman–Crippen LogP) is 1.37. The standard InChI is InChI=1S/C14H22N4O2/c1-9-7-12(18-13(16-9)14(19)20-3)17-10(2)11-5-4-6-15-8-11/h7,10-11,15H,4-6,8H2,1-3H3,(H,16,17,18). The summed E-state index contributed by atoms with van der Waals surface area (Å²) in [4.78, 5) is 19.8. The number of carbonyl (C=O) groups is 1. The summed E-state index contributed by atoms with van der Waals surface area (Å²) in [5.41, 5.74) is 0.747. The lowest BCUT2D eigenvalue weighted by Gasteiger charge is -2.29. The van der Waals surface area contributed by atoms with Crippen LogP contribution in [0, 0.1) is 12.8 Å². The van der Waals surface area contributed by atoms with Crippen LogP contribution in [0.3, 0.4) is 0 Å². The Kier molecular flexibility index (Phi) is 4.89. The molecule has 0 amide bonds. The van der Waals surface area contributed by atoms with Gasteiger partial charge >= 0.3 is 5.97 Å². The fourth-order valence-electron chi connectivity index (χ4n) is 2.48. The highest BCUT2D eigenvalue weighted by atomic mass is 16.5. The average Bonchev–Trinajstić information content (AvgIpc) is 2.46. The van der Waals surface area contributed by atoms with Crippen LogP contribution in [0.2, 0.25) is 0 Å². The molecule has 0 radical (unpaired) electrons. The van der Waals surface area contributed by atoms with Crippen molar-refractivity contribution >= 4 is 11.8 Å². The van der Waals surface area contributed by atoms with E-state index < -0.39 is 5.97 Å². The summed E-state index contributed by atoms with van der Waals surface area (Å²) in [5, 5.41) is 6.78. The Morgan fingerprint density at radius 3 is 3.00 bits per heavy atom. The van der Waals surface area contributed by atoms with Crippen molar-refractivity contribution < 1.29 is 9.53 Å². The van der Waals surface area contributed by atoms with Crippen LogP contribution in [0.5, 0.6) is 0 Å². The van der Waals surface area contributed by atoms with Gasteiger partial charge in [-0.2, -0.15) is 0 Å². The monoisotopic (exact) mass is 278 g/mol. The number of ether oxygens (including phenoxy) is 1. The quantitative estimate of drug-likeness (QED) is 0.810. The van der Waals surface area contributed by atoms with Crippen molar-refractivity contribution in [2.75, 3.05) is 25.5 Å². The number of hydrogen-bond donors (Lipinski definition) is 2. The minimum atomic E-state index is -0.510. The fourth-order valence-corrected chi connectivity index (χ4v) is 2.48. The number of nitrogens with zero attached hydrogens (tertiary/aromatic N) is 2. The first kappa shape index (κ1) is 14.7. The number of aromatic nitrogens is 2. The van der Waals surface area contributed by atoms with Crippen molar-refractivity contribution in [1.29, 1.82) is 0 Å². The molecule has 110 valence electrons. The molecular weight excluding hydrogens is 256 g/mol. The molecule has 0 spiro atoms. The molecule has 1 saturated heterocycles. The van der Waals surface area contributed by atoms with Gasteiger partial charge in [0.05, 0.1) is 7.11 Å². The molecule has 1 aromatic rings. The Labute approximate surface area is 119 Å². The van der Waals surface area contributed by atoms with Gasteiger partial charge in [0, 0.05) is 17.8 Å². The van der Waals surface area contributed by atoms with Crippen LogP contribution in [0.25, 0.3) is 0 Å². The van der Waals surface area contributed by atoms with Crippen molar-refractivity contribution in [3.63, 3.8) is 0 Å². The first-order chi connectivity index (χ1) is 9.60. The molecule has 1 aliphatic heterocycles. The Hall–Kier alpha value is -1.69. The predicted molar refractivity (Wildman–Crippen MR) is 76.8 cm³/mol. The minimum Gasteiger partial charge on any atom is -0.463 e. The van der Waals surface area contributed by atoms with Crippen molar-refractivity contribution in [3.8, 4) is 0 Å². The zero-order valence-electron chi connectivity index (χ0n) is 12.3. The van der Waals surface area contributed by atoms with Crippen LogP contribution in [0.15, 0.2) is 6.07 Å². The lowest BCUT2D eigenvalue weighted by Crippen LogP contribution is -2.39. The van der Waals surface area contributed by atoms with E-state index in [9.17, 15) is 4.79 Å². The Bertz CT molecular complexity index is 472. The van der Waals surface area contributed by atoms with Gasteiger partial charge in [0.1, 0.15) is 5.82 Å². The molecule has 6 nitrogen and oxygen atoms in total. The number of esters is 1. The second-order valence-corrected chi connectivity index (χ2v) is 5.25. The lowest BCUT2D eigenvalue weighted by atomic mass is 9.93. The van der Waals surface area contributed by atoms with E-state index in [2.05, 4.69) is 32.3 Å². The Morgan fingerprint density at radius 2 is 2.35 bits per heavy atom. The Balaban J connectivity index is 2.08. The number of aryl methyl sites for hydroxylation is 1. The SMILES string of the molecule is COC(=O)c1nc(C)cc(NC(C)C2CCCNC2)n1. The summed E-state index contributed by atoms with van der Waals surface area (Å²) in [6.45, 7) is 6.10. The number of nitrogens with one attached hydrogen (secondary N) is 2. The third-order valence-electron chi connectivity index (χ3n) is 3.64. The van der Waals surface area contributed by atoms with E-state index in [1.807, 2.05) is 13.0 Å². The number of rotatable bonds is 4. The molecular formula is C14H22N4O2. The number of methoxy groups -OCH3 is 1. The average molecular weight is 278 g/mol. The summed E-state index contributed by atoms with van der Waals surface area (Å²) in [5.74, 6) is 0.837. The molecule has 2 N–H and O–H groups in total. The zero-order chi connectivity index (χ0) is 14.5. The van der Waals surface area contributed by atoms with Gasteiger partial charge in [-0.25, -0.2) is 14.8 Å². The van der Waals surface area contributed by atoms with E-state index in [1.165, 1.54) is 20.0 Å². The molecule has 0 aliphatic carbocycles. The zero-order valence-corrected chi connectivity index (χ0v) is 12.3. The molecule has 2 atom stereocenters. The lowest BCUT2D eigenvalue weighted by molar-refractivity contribution is 0.0586.